The van der Waals surface area contributed by atoms with Crippen LogP contribution in [0, 0.1) is 5.92 Å². The first-order valence-corrected chi connectivity index (χ1v) is 12.0. The number of aromatic hydroxyl groups is 1. The van der Waals surface area contributed by atoms with Crippen LogP contribution in [0.4, 0.5) is 0 Å². The average Bonchev–Trinajstić information content (AvgIpc) is 3.36. The lowest BCUT2D eigenvalue weighted by Gasteiger charge is -2.30. The van der Waals surface area contributed by atoms with Crippen molar-refractivity contribution in [3.63, 3.8) is 0 Å². The summed E-state index contributed by atoms with van der Waals surface area (Å²) in [5.74, 6) is 1.16. The summed E-state index contributed by atoms with van der Waals surface area (Å²) in [7, 11) is -3.19. The van der Waals surface area contributed by atoms with E-state index in [1.54, 1.807) is 4.31 Å². The van der Waals surface area contributed by atoms with E-state index < -0.39 is 10.0 Å². The largest absolute Gasteiger partial charge is 0.493 e. The van der Waals surface area contributed by atoms with Crippen LogP contribution in [0.3, 0.4) is 0 Å². The maximum Gasteiger partial charge on any atom is 0.232 e. The van der Waals surface area contributed by atoms with Crippen molar-refractivity contribution < 1.29 is 13.5 Å². The molecule has 1 saturated carbocycles. The van der Waals surface area contributed by atoms with E-state index in [1.165, 1.54) is 10.9 Å². The lowest BCUT2D eigenvalue weighted by atomic mass is 9.91. The highest BCUT2D eigenvalue weighted by molar-refractivity contribution is 7.88. The molecule has 2 aliphatic rings. The maximum atomic E-state index is 12.0. The van der Waals surface area contributed by atoms with Crippen LogP contribution in [0.2, 0.25) is 0 Å². The summed E-state index contributed by atoms with van der Waals surface area (Å²) < 4.78 is 27.0. The number of sulfonamides is 1. The molecular formula is C20H25N5O3S. The third-order valence-electron chi connectivity index (χ3n) is 5.97. The molecule has 0 amide bonds. The zero-order chi connectivity index (χ0) is 20.2. The van der Waals surface area contributed by atoms with Gasteiger partial charge in [0.1, 0.15) is 0 Å². The smallest absolute Gasteiger partial charge is 0.232 e. The predicted molar refractivity (Wildman–Crippen MR) is 110 cm³/mol. The molecule has 0 radical (unpaired) electrons. The Bertz CT molecular complexity index is 1130. The van der Waals surface area contributed by atoms with Gasteiger partial charge in [0.05, 0.1) is 23.0 Å². The van der Waals surface area contributed by atoms with Crippen molar-refractivity contribution in [3.05, 3.63) is 35.5 Å². The number of nitrogens with zero attached hydrogens (tertiary/aromatic N) is 4. The van der Waals surface area contributed by atoms with Gasteiger partial charge in [-0.3, -0.25) is 0 Å². The van der Waals surface area contributed by atoms with E-state index >= 15 is 0 Å². The molecule has 2 fully saturated rings. The van der Waals surface area contributed by atoms with E-state index in [1.807, 2.05) is 24.3 Å². The van der Waals surface area contributed by atoms with E-state index in [0.29, 0.717) is 31.4 Å². The zero-order valence-corrected chi connectivity index (χ0v) is 17.2. The van der Waals surface area contributed by atoms with Gasteiger partial charge < -0.3 is 10.1 Å². The molecule has 1 atom stereocenters. The summed E-state index contributed by atoms with van der Waals surface area (Å²) in [6.45, 7) is 1.08. The van der Waals surface area contributed by atoms with Crippen LogP contribution < -0.4 is 0 Å². The van der Waals surface area contributed by atoms with Gasteiger partial charge in [0.2, 0.25) is 21.9 Å². The first kappa shape index (κ1) is 18.6. The Hall–Kier alpha value is -2.39. The standard InChI is InChI=1S/C20H25N5O3S/c1-29(27,28)24-10-4-5-13(12-24)11-15-18(14-8-9-14)23-25(19(15)26)20-21-16-6-2-3-7-17(16)22-20/h2-3,6-7,13-14,26H,4-5,8-12H2,1H3,(H,21,22). The highest BCUT2D eigenvalue weighted by Gasteiger charge is 2.35. The summed E-state index contributed by atoms with van der Waals surface area (Å²) in [5, 5.41) is 15.7. The second-order valence-corrected chi connectivity index (χ2v) is 10.3. The summed E-state index contributed by atoms with van der Waals surface area (Å²) in [4.78, 5) is 7.79. The van der Waals surface area contributed by atoms with Crippen LogP contribution >= 0.6 is 0 Å². The minimum absolute atomic E-state index is 0.113. The van der Waals surface area contributed by atoms with E-state index in [-0.39, 0.29) is 11.8 Å². The van der Waals surface area contributed by atoms with Crippen molar-refractivity contribution in [2.24, 2.45) is 5.92 Å². The highest BCUT2D eigenvalue weighted by Crippen LogP contribution is 2.44. The molecule has 1 saturated heterocycles. The van der Waals surface area contributed by atoms with Gasteiger partial charge in [-0.25, -0.2) is 17.7 Å². The molecule has 5 rings (SSSR count). The fourth-order valence-electron chi connectivity index (χ4n) is 4.31. The Labute approximate surface area is 169 Å². The molecule has 1 aliphatic heterocycles. The molecule has 3 aromatic rings. The molecule has 1 unspecified atom stereocenters. The number of aromatic amines is 1. The van der Waals surface area contributed by atoms with Crippen molar-refractivity contribution in [1.29, 1.82) is 0 Å². The molecular weight excluding hydrogens is 390 g/mol. The number of hydrogen-bond donors (Lipinski definition) is 2. The summed E-state index contributed by atoms with van der Waals surface area (Å²) in [6.07, 6.45) is 5.83. The van der Waals surface area contributed by atoms with E-state index in [2.05, 4.69) is 9.97 Å². The van der Waals surface area contributed by atoms with Gasteiger partial charge in [-0.15, -0.1) is 0 Å². The minimum Gasteiger partial charge on any atom is -0.493 e. The normalized spacial score (nSPS) is 21.1. The van der Waals surface area contributed by atoms with E-state index in [0.717, 1.165) is 48.0 Å². The van der Waals surface area contributed by atoms with Gasteiger partial charge in [0, 0.05) is 24.6 Å². The molecule has 29 heavy (non-hydrogen) atoms. The molecule has 2 aromatic heterocycles. The number of imidazole rings is 1. The molecule has 9 heteroatoms. The minimum atomic E-state index is -3.19. The van der Waals surface area contributed by atoms with Crippen LogP contribution in [0.5, 0.6) is 5.88 Å². The molecule has 0 bridgehead atoms. The fourth-order valence-corrected chi connectivity index (χ4v) is 5.25. The Morgan fingerprint density at radius 1 is 1.24 bits per heavy atom. The van der Waals surface area contributed by atoms with Crippen molar-refractivity contribution in [3.8, 4) is 11.8 Å². The van der Waals surface area contributed by atoms with Crippen LogP contribution in [0.15, 0.2) is 24.3 Å². The van der Waals surface area contributed by atoms with Gasteiger partial charge in [0.25, 0.3) is 0 Å². The topological polar surface area (TPSA) is 104 Å². The second-order valence-electron chi connectivity index (χ2n) is 8.28. The van der Waals surface area contributed by atoms with Crippen LogP contribution in [0.1, 0.15) is 42.9 Å². The van der Waals surface area contributed by atoms with Gasteiger partial charge in [0.15, 0.2) is 0 Å². The SMILES string of the molecule is CS(=O)(=O)N1CCCC(Cc2c(C3CC3)nn(-c3nc4ccccc4[nH]3)c2O)C1. The summed E-state index contributed by atoms with van der Waals surface area (Å²) >= 11 is 0. The van der Waals surface area contributed by atoms with E-state index in [4.69, 9.17) is 5.10 Å². The molecule has 8 nitrogen and oxygen atoms in total. The van der Waals surface area contributed by atoms with Crippen LogP contribution in [-0.2, 0) is 16.4 Å². The summed E-state index contributed by atoms with van der Waals surface area (Å²) in [6, 6.07) is 7.72. The van der Waals surface area contributed by atoms with Gasteiger partial charge in [-0.2, -0.15) is 9.78 Å². The van der Waals surface area contributed by atoms with Crippen molar-refractivity contribution >= 4 is 21.1 Å². The average molecular weight is 416 g/mol. The van der Waals surface area contributed by atoms with Crippen molar-refractivity contribution in [1.82, 2.24) is 24.1 Å². The Kier molecular flexibility index (Phi) is 4.40. The number of fused-ring (bicyclic) bond motifs is 1. The number of piperidine rings is 1. The number of rotatable bonds is 5. The van der Waals surface area contributed by atoms with Crippen molar-refractivity contribution in [2.75, 3.05) is 19.3 Å². The quantitative estimate of drug-likeness (QED) is 0.666. The molecule has 154 valence electrons. The first-order valence-electron chi connectivity index (χ1n) is 10.1. The zero-order valence-electron chi connectivity index (χ0n) is 16.4. The van der Waals surface area contributed by atoms with Crippen molar-refractivity contribution in [2.45, 2.75) is 38.0 Å². The van der Waals surface area contributed by atoms with Gasteiger partial charge in [-0.1, -0.05) is 12.1 Å². The van der Waals surface area contributed by atoms with Gasteiger partial charge >= 0.3 is 0 Å². The molecule has 1 aromatic carbocycles. The number of aromatic nitrogens is 4. The fraction of sp³-hybridized carbons (Fsp3) is 0.500. The summed E-state index contributed by atoms with van der Waals surface area (Å²) in [5.41, 5.74) is 3.48. The van der Waals surface area contributed by atoms with E-state index in [9.17, 15) is 13.5 Å². The highest BCUT2D eigenvalue weighted by atomic mass is 32.2. The monoisotopic (exact) mass is 415 g/mol. The molecule has 0 spiro atoms. The third-order valence-corrected chi connectivity index (χ3v) is 7.24. The number of benzene rings is 1. The second kappa shape index (κ2) is 6.84. The number of H-pyrrole nitrogens is 1. The van der Waals surface area contributed by atoms with Crippen LogP contribution in [-0.4, -0.2) is 56.9 Å². The molecule has 1 aliphatic carbocycles. The third kappa shape index (κ3) is 3.53. The number of hydrogen-bond acceptors (Lipinski definition) is 5. The van der Waals surface area contributed by atoms with Crippen LogP contribution in [0.25, 0.3) is 17.0 Å². The first-order chi connectivity index (χ1) is 13.9. The predicted octanol–water partition coefficient (Wildman–Crippen LogP) is 2.55. The Morgan fingerprint density at radius 2 is 2.03 bits per heavy atom. The molecule has 3 heterocycles. The number of para-hydroxylation sites is 2. The lowest BCUT2D eigenvalue weighted by Crippen LogP contribution is -2.39. The maximum absolute atomic E-state index is 12.0. The number of nitrogens with one attached hydrogen (secondary N) is 1. The molecule has 2 N–H and O–H groups in total. The Balaban J connectivity index is 1.48. The van der Waals surface area contributed by atoms with Gasteiger partial charge in [-0.05, 0) is 50.2 Å². The lowest BCUT2D eigenvalue weighted by molar-refractivity contribution is 0.265. The Morgan fingerprint density at radius 3 is 2.76 bits per heavy atom.